The summed E-state index contributed by atoms with van der Waals surface area (Å²) in [7, 11) is 0. The Morgan fingerprint density at radius 3 is 2.52 bits per heavy atom. The van der Waals surface area contributed by atoms with Crippen molar-refractivity contribution in [2.45, 2.75) is 26.3 Å². The molecule has 1 N–H and O–H groups in total. The first-order valence-electron chi connectivity index (χ1n) is 9.57. The summed E-state index contributed by atoms with van der Waals surface area (Å²) in [5.41, 5.74) is 1.60. The Morgan fingerprint density at radius 1 is 1.10 bits per heavy atom. The highest BCUT2D eigenvalue weighted by Gasteiger charge is 2.22. The number of rotatable bonds is 5. The van der Waals surface area contributed by atoms with E-state index in [0.717, 1.165) is 30.3 Å². The Kier molecular flexibility index (Phi) is 5.45. The number of benzene rings is 2. The van der Waals surface area contributed by atoms with Gasteiger partial charge in [0, 0.05) is 24.3 Å². The first kappa shape index (κ1) is 20.6. The molecule has 1 saturated heterocycles. The fraction of sp³-hybridized carbons (Fsp3) is 0.238. The lowest BCUT2D eigenvalue weighted by molar-refractivity contribution is -0.117. The Morgan fingerprint density at radius 2 is 1.84 bits per heavy atom. The summed E-state index contributed by atoms with van der Waals surface area (Å²) in [6.45, 7) is 2.30. The van der Waals surface area contributed by atoms with Crippen molar-refractivity contribution in [3.63, 3.8) is 0 Å². The van der Waals surface area contributed by atoms with E-state index in [1.807, 2.05) is 19.1 Å². The Hall–Kier alpha value is -3.69. The number of amides is 1. The van der Waals surface area contributed by atoms with E-state index in [4.69, 9.17) is 0 Å². The monoisotopic (exact) mass is 429 g/mol. The van der Waals surface area contributed by atoms with Gasteiger partial charge in [0.05, 0.1) is 6.54 Å². The lowest BCUT2D eigenvalue weighted by Crippen LogP contribution is -2.24. The van der Waals surface area contributed by atoms with Gasteiger partial charge in [0.15, 0.2) is 17.5 Å². The number of aryl methyl sites for hydroxylation is 1. The molecule has 31 heavy (non-hydrogen) atoms. The minimum absolute atomic E-state index is 0.0330. The van der Waals surface area contributed by atoms with E-state index < -0.39 is 23.0 Å². The minimum Gasteiger partial charge on any atom is -0.324 e. The van der Waals surface area contributed by atoms with Crippen LogP contribution in [-0.4, -0.2) is 27.2 Å². The zero-order valence-electron chi connectivity index (χ0n) is 16.5. The average molecular weight is 429 g/mol. The summed E-state index contributed by atoms with van der Waals surface area (Å²) >= 11 is 0. The molecule has 0 saturated carbocycles. The minimum atomic E-state index is -1.56. The number of halogens is 3. The Labute approximate surface area is 175 Å². The van der Waals surface area contributed by atoms with Gasteiger partial charge >= 0.3 is 0 Å². The highest BCUT2D eigenvalue weighted by molar-refractivity contribution is 5.96. The van der Waals surface area contributed by atoms with Crippen LogP contribution in [0.1, 0.15) is 24.0 Å². The lowest BCUT2D eigenvalue weighted by Gasteiger charge is -2.19. The Balaban J connectivity index is 1.67. The van der Waals surface area contributed by atoms with Crippen molar-refractivity contribution in [3.05, 3.63) is 75.5 Å². The first-order chi connectivity index (χ1) is 14.8. The highest BCUT2D eigenvalue weighted by atomic mass is 19.2. The summed E-state index contributed by atoms with van der Waals surface area (Å²) < 4.78 is 41.6. The number of aromatic nitrogens is 3. The summed E-state index contributed by atoms with van der Waals surface area (Å²) in [6, 6.07) is 7.13. The van der Waals surface area contributed by atoms with Gasteiger partial charge in [0.2, 0.25) is 11.9 Å². The first-order valence-corrected chi connectivity index (χ1v) is 9.57. The van der Waals surface area contributed by atoms with Gasteiger partial charge in [-0.1, -0.05) is 6.07 Å². The second-order valence-electron chi connectivity index (χ2n) is 7.22. The van der Waals surface area contributed by atoms with E-state index in [1.165, 1.54) is 4.68 Å². The molecule has 3 aromatic rings. The molecule has 2 aromatic carbocycles. The normalized spacial score (nSPS) is 13.7. The molecule has 1 aliphatic heterocycles. The fourth-order valence-electron chi connectivity index (χ4n) is 3.40. The van der Waals surface area contributed by atoms with Crippen LogP contribution in [-0.2, 0) is 11.3 Å². The van der Waals surface area contributed by atoms with Crippen LogP contribution in [0.3, 0.4) is 0 Å². The molecule has 0 spiro atoms. The van der Waals surface area contributed by atoms with Gasteiger partial charge in [-0.2, -0.15) is 10.1 Å². The van der Waals surface area contributed by atoms with Crippen LogP contribution in [0.4, 0.5) is 30.5 Å². The Bertz CT molecular complexity index is 1200. The molecule has 1 aromatic heterocycles. The summed E-state index contributed by atoms with van der Waals surface area (Å²) in [4.78, 5) is 29.4. The number of carbonyl (C=O) groups is 1. The molecule has 2 heterocycles. The predicted octanol–water partition coefficient (Wildman–Crippen LogP) is 3.28. The lowest BCUT2D eigenvalue weighted by atomic mass is 10.1. The third kappa shape index (κ3) is 4.27. The van der Waals surface area contributed by atoms with E-state index in [-0.39, 0.29) is 24.0 Å². The molecular weight excluding hydrogens is 411 g/mol. The van der Waals surface area contributed by atoms with Crippen LogP contribution < -0.4 is 15.8 Å². The molecule has 160 valence electrons. The molecule has 10 heteroatoms. The van der Waals surface area contributed by atoms with Crippen LogP contribution in [0.2, 0.25) is 0 Å². The van der Waals surface area contributed by atoms with Crippen molar-refractivity contribution in [2.24, 2.45) is 0 Å². The molecule has 0 atom stereocenters. The van der Waals surface area contributed by atoms with Crippen LogP contribution in [0.15, 0.2) is 41.3 Å². The maximum atomic E-state index is 13.6. The van der Waals surface area contributed by atoms with Gasteiger partial charge < -0.3 is 10.2 Å². The quantitative estimate of drug-likeness (QED) is 0.630. The number of anilines is 3. The summed E-state index contributed by atoms with van der Waals surface area (Å²) in [5.74, 6) is -4.14. The number of nitrogens with zero attached hydrogens (tertiary/aromatic N) is 4. The fourth-order valence-corrected chi connectivity index (χ4v) is 3.40. The molecular formula is C21H18F3N5O2. The van der Waals surface area contributed by atoms with Gasteiger partial charge in [-0.25, -0.2) is 17.9 Å². The smallest absolute Gasteiger partial charge is 0.293 e. The van der Waals surface area contributed by atoms with Crippen LogP contribution in [0, 0.1) is 24.4 Å². The maximum Gasteiger partial charge on any atom is 0.293 e. The van der Waals surface area contributed by atoms with Gasteiger partial charge in [-0.05, 0) is 48.7 Å². The molecule has 7 nitrogen and oxygen atoms in total. The molecule has 4 rings (SSSR count). The second kappa shape index (κ2) is 8.21. The predicted molar refractivity (Wildman–Crippen MR) is 108 cm³/mol. The third-order valence-electron chi connectivity index (χ3n) is 5.00. The van der Waals surface area contributed by atoms with E-state index in [1.54, 1.807) is 11.0 Å². The summed E-state index contributed by atoms with van der Waals surface area (Å²) in [6.07, 6.45) is 2.24. The van der Waals surface area contributed by atoms with Crippen molar-refractivity contribution in [2.75, 3.05) is 16.8 Å². The zero-order valence-corrected chi connectivity index (χ0v) is 16.5. The number of nitrogens with one attached hydrogen (secondary N) is 1. The van der Waals surface area contributed by atoms with Crippen molar-refractivity contribution in [1.82, 2.24) is 14.8 Å². The second-order valence-corrected chi connectivity index (χ2v) is 7.22. The molecule has 0 aliphatic carbocycles. The van der Waals surface area contributed by atoms with Crippen molar-refractivity contribution >= 4 is 23.2 Å². The van der Waals surface area contributed by atoms with Crippen molar-refractivity contribution in [1.29, 1.82) is 0 Å². The topological polar surface area (TPSA) is 80.1 Å². The maximum absolute atomic E-state index is 13.6. The van der Waals surface area contributed by atoms with Crippen LogP contribution in [0.5, 0.6) is 0 Å². The van der Waals surface area contributed by atoms with E-state index in [2.05, 4.69) is 15.4 Å². The van der Waals surface area contributed by atoms with Gasteiger partial charge in [0.25, 0.3) is 5.56 Å². The molecule has 0 bridgehead atoms. The SMILES string of the molecule is Cc1ccc(N2CCCC2=O)cc1Nc1nc(=O)cnn1Cc1cc(F)c(F)c(F)c1. The van der Waals surface area contributed by atoms with Gasteiger partial charge in [-0.3, -0.25) is 9.59 Å². The van der Waals surface area contributed by atoms with E-state index in [0.29, 0.717) is 24.3 Å². The number of hydrogen-bond donors (Lipinski definition) is 1. The molecule has 1 amide bonds. The average Bonchev–Trinajstić information content (AvgIpc) is 3.15. The zero-order chi connectivity index (χ0) is 22.1. The van der Waals surface area contributed by atoms with Gasteiger partial charge in [-0.15, -0.1) is 0 Å². The number of hydrogen-bond acceptors (Lipinski definition) is 5. The van der Waals surface area contributed by atoms with Crippen molar-refractivity contribution < 1.29 is 18.0 Å². The highest BCUT2D eigenvalue weighted by Crippen LogP contribution is 2.28. The van der Waals surface area contributed by atoms with E-state index >= 15 is 0 Å². The van der Waals surface area contributed by atoms with Gasteiger partial charge in [0.1, 0.15) is 6.20 Å². The summed E-state index contributed by atoms with van der Waals surface area (Å²) in [5, 5.41) is 6.98. The van der Waals surface area contributed by atoms with Crippen LogP contribution >= 0.6 is 0 Å². The molecule has 1 fully saturated rings. The molecule has 0 unspecified atom stereocenters. The van der Waals surface area contributed by atoms with Crippen LogP contribution in [0.25, 0.3) is 0 Å². The van der Waals surface area contributed by atoms with E-state index in [9.17, 15) is 22.8 Å². The van der Waals surface area contributed by atoms with Crippen molar-refractivity contribution in [3.8, 4) is 0 Å². The molecule has 0 radical (unpaired) electrons. The third-order valence-corrected chi connectivity index (χ3v) is 5.00. The number of carbonyl (C=O) groups excluding carboxylic acids is 1. The largest absolute Gasteiger partial charge is 0.324 e. The standard InChI is InChI=1S/C21H18F3N5O2/c1-12-4-5-14(28-6-2-3-19(28)31)9-17(12)26-21-27-18(30)10-25-29(21)11-13-7-15(22)20(24)16(23)8-13/h4-5,7-10H,2-3,6,11H2,1H3,(H,26,27,30). The molecule has 1 aliphatic rings.